The Labute approximate surface area is 335 Å². The van der Waals surface area contributed by atoms with Gasteiger partial charge in [-0.25, -0.2) is 14.4 Å². The average molecular weight is 803 g/mol. The van der Waals surface area contributed by atoms with Crippen molar-refractivity contribution >= 4 is 58.3 Å². The van der Waals surface area contributed by atoms with Crippen molar-refractivity contribution in [1.82, 2.24) is 49.9 Å². The molecule has 3 fully saturated rings. The van der Waals surface area contributed by atoms with E-state index in [1.54, 1.807) is 41.7 Å². The molecule has 2 saturated heterocycles. The summed E-state index contributed by atoms with van der Waals surface area (Å²) in [5.41, 5.74) is 4.15. The molecule has 2 aromatic carbocycles. The van der Waals surface area contributed by atoms with E-state index in [1.165, 1.54) is 18.2 Å². The Morgan fingerprint density at radius 1 is 0.932 bits per heavy atom. The molecule has 1 unspecified atom stereocenters. The third kappa shape index (κ3) is 7.35. The summed E-state index contributed by atoms with van der Waals surface area (Å²) in [5, 5.41) is 18.1. The number of nitrogens with zero attached hydrogens (tertiary/aromatic N) is 7. The molecule has 59 heavy (non-hydrogen) atoms. The molecule has 6 heterocycles. The highest BCUT2D eigenvalue weighted by Gasteiger charge is 2.45. The maximum absolute atomic E-state index is 15.6. The van der Waals surface area contributed by atoms with Gasteiger partial charge in [-0.3, -0.25) is 53.4 Å². The van der Waals surface area contributed by atoms with Gasteiger partial charge in [0.2, 0.25) is 17.7 Å². The quantitative estimate of drug-likeness (QED) is 0.0907. The van der Waals surface area contributed by atoms with E-state index in [4.69, 9.17) is 4.98 Å². The minimum absolute atomic E-state index is 0.0261. The summed E-state index contributed by atoms with van der Waals surface area (Å²) < 4.78 is 17.5. The molecule has 18 nitrogen and oxygen atoms in total. The smallest absolute Gasteiger partial charge is 0.264 e. The fourth-order valence-corrected chi connectivity index (χ4v) is 7.76. The first-order chi connectivity index (χ1) is 28.6. The molecule has 19 heteroatoms. The van der Waals surface area contributed by atoms with E-state index in [-0.39, 0.29) is 66.7 Å². The van der Waals surface area contributed by atoms with Gasteiger partial charge >= 0.3 is 0 Å². The Hall–Kier alpha value is -7.02. The molecule has 3 aromatic heterocycles. The fourth-order valence-electron chi connectivity index (χ4n) is 7.76. The summed E-state index contributed by atoms with van der Waals surface area (Å²) in [5.74, 6) is -2.76. The molecule has 0 radical (unpaired) electrons. The minimum atomic E-state index is -1.07. The minimum Gasteiger partial charge on any atom is -0.383 e. The zero-order valence-electron chi connectivity index (χ0n) is 31.7. The lowest BCUT2D eigenvalue weighted by Gasteiger charge is -2.34. The number of anilines is 3. The number of imidazole rings is 1. The number of piperidine rings is 1. The number of fused-ring (bicyclic) bond motifs is 2. The monoisotopic (exact) mass is 802 g/mol. The van der Waals surface area contributed by atoms with Crippen molar-refractivity contribution in [1.29, 1.82) is 0 Å². The Bertz CT molecular complexity index is 2530. The predicted molar refractivity (Wildman–Crippen MR) is 209 cm³/mol. The summed E-state index contributed by atoms with van der Waals surface area (Å²) in [6.07, 6.45) is 9.32. The topological polar surface area (TPSA) is 219 Å². The molecule has 1 saturated carbocycles. The van der Waals surface area contributed by atoms with Crippen LogP contribution >= 0.6 is 0 Å². The zero-order chi connectivity index (χ0) is 40.8. The maximum Gasteiger partial charge on any atom is 0.264 e. The molecule has 9 rings (SSSR count). The van der Waals surface area contributed by atoms with Crippen LogP contribution in [0.4, 0.5) is 21.6 Å². The second kappa shape index (κ2) is 15.4. The molecular weight excluding hydrogens is 764 g/mol. The lowest BCUT2D eigenvalue weighted by Crippen LogP contribution is -2.54. The normalized spacial score (nSPS) is 18.3. The molecule has 0 spiro atoms. The van der Waals surface area contributed by atoms with Crippen LogP contribution in [0.3, 0.4) is 0 Å². The van der Waals surface area contributed by atoms with E-state index >= 15 is 4.39 Å². The number of aromatic amines is 1. The molecule has 0 bridgehead atoms. The first kappa shape index (κ1) is 37.6. The fraction of sp³-hybridized carbons (Fsp3) is 0.325. The van der Waals surface area contributed by atoms with Crippen LogP contribution in [0, 0.1) is 5.82 Å². The van der Waals surface area contributed by atoms with Gasteiger partial charge < -0.3 is 20.9 Å². The standard InChI is InChI=1S/C40H39FN12O6/c41-26-16-23(6-7-27(26)47-35-36-44-19-31(24-17-45-46-18-24)52(36)20-29(48-35)22-4-5-22)38(57)51-14-12-50(13-15-51)21-33(55)43-11-10-42-28-3-1-2-25-34(28)40(59)53(39(25)58)30-8-9-32(54)49-37(30)56/h1-3,6-7,16-20,22,30,42H,4-5,8-15,21H2,(H,43,55)(H,45,46)(H,47,48)(H,49,54,56). The number of hydrogen-bond acceptors (Lipinski definition) is 12. The SMILES string of the molecule is O=C(CN1CCN(C(=O)c2ccc(Nc3nc(C4CC4)cn4c(-c5cn[nH]c5)cnc34)c(F)c2)CC1)NCCNc1cccc2c1C(=O)N(C1CCC(=O)NC1=O)C2=O. The van der Waals surface area contributed by atoms with E-state index in [0.717, 1.165) is 34.7 Å². The largest absolute Gasteiger partial charge is 0.383 e. The summed E-state index contributed by atoms with van der Waals surface area (Å²) >= 11 is 0. The first-order valence-electron chi connectivity index (χ1n) is 19.4. The Balaban J connectivity index is 0.753. The van der Waals surface area contributed by atoms with Crippen molar-refractivity contribution in [3.8, 4) is 11.3 Å². The van der Waals surface area contributed by atoms with Crippen LogP contribution in [0.1, 0.15) is 68.4 Å². The van der Waals surface area contributed by atoms with E-state index in [1.807, 2.05) is 15.5 Å². The van der Waals surface area contributed by atoms with Crippen LogP contribution in [0.2, 0.25) is 0 Å². The van der Waals surface area contributed by atoms with Crippen molar-refractivity contribution < 1.29 is 33.2 Å². The van der Waals surface area contributed by atoms with Crippen molar-refractivity contribution in [2.75, 3.05) is 56.4 Å². The van der Waals surface area contributed by atoms with Gasteiger partial charge in [-0.15, -0.1) is 0 Å². The van der Waals surface area contributed by atoms with Gasteiger partial charge in [-0.05, 0) is 49.6 Å². The summed E-state index contributed by atoms with van der Waals surface area (Å²) in [6, 6.07) is 8.04. The number of hydrogen-bond donors (Lipinski definition) is 5. The average Bonchev–Trinajstić information content (AvgIpc) is 3.65. The molecule has 1 atom stereocenters. The van der Waals surface area contributed by atoms with Gasteiger partial charge in [0, 0.05) is 80.8 Å². The number of aromatic nitrogens is 5. The number of imide groups is 2. The van der Waals surface area contributed by atoms with Crippen LogP contribution in [0.5, 0.6) is 0 Å². The number of H-pyrrole nitrogens is 1. The lowest BCUT2D eigenvalue weighted by atomic mass is 10.0. The molecular formula is C40H39FN12O6. The second-order valence-corrected chi connectivity index (χ2v) is 15.0. The van der Waals surface area contributed by atoms with Crippen LogP contribution < -0.4 is 21.3 Å². The molecule has 5 N–H and O–H groups in total. The number of rotatable bonds is 12. The number of halogens is 1. The van der Waals surface area contributed by atoms with E-state index < -0.39 is 35.5 Å². The van der Waals surface area contributed by atoms with Gasteiger partial charge in [-0.2, -0.15) is 5.10 Å². The Kier molecular flexibility index (Phi) is 9.79. The van der Waals surface area contributed by atoms with E-state index in [2.05, 4.69) is 36.4 Å². The van der Waals surface area contributed by atoms with Crippen LogP contribution in [0.25, 0.3) is 16.9 Å². The number of carbonyl (C=O) groups is 6. The third-order valence-electron chi connectivity index (χ3n) is 11.0. The molecule has 4 aliphatic rings. The van der Waals surface area contributed by atoms with Gasteiger partial charge in [0.05, 0.1) is 47.1 Å². The van der Waals surface area contributed by atoms with E-state index in [0.29, 0.717) is 49.2 Å². The van der Waals surface area contributed by atoms with Crippen LogP contribution in [0.15, 0.2) is 61.2 Å². The van der Waals surface area contributed by atoms with Crippen molar-refractivity contribution in [3.63, 3.8) is 0 Å². The molecule has 1 aliphatic carbocycles. The number of benzene rings is 2. The number of carbonyl (C=O) groups excluding carboxylic acids is 6. The van der Waals surface area contributed by atoms with Crippen LogP contribution in [-0.4, -0.2) is 127 Å². The molecule has 6 amide bonds. The second-order valence-electron chi connectivity index (χ2n) is 15.0. The lowest BCUT2D eigenvalue weighted by molar-refractivity contribution is -0.136. The number of amides is 6. The summed E-state index contributed by atoms with van der Waals surface area (Å²) in [7, 11) is 0. The number of piperazine rings is 1. The Morgan fingerprint density at radius 2 is 1.76 bits per heavy atom. The van der Waals surface area contributed by atoms with Gasteiger partial charge in [0.15, 0.2) is 11.5 Å². The van der Waals surface area contributed by atoms with Crippen molar-refractivity contribution in [2.45, 2.75) is 37.6 Å². The van der Waals surface area contributed by atoms with Gasteiger partial charge in [0.1, 0.15) is 11.9 Å². The summed E-state index contributed by atoms with van der Waals surface area (Å²) in [4.78, 5) is 90.5. The van der Waals surface area contributed by atoms with Gasteiger partial charge in [0.25, 0.3) is 17.7 Å². The predicted octanol–water partition coefficient (Wildman–Crippen LogP) is 2.27. The van der Waals surface area contributed by atoms with E-state index in [9.17, 15) is 28.8 Å². The third-order valence-corrected chi connectivity index (χ3v) is 11.0. The first-order valence-corrected chi connectivity index (χ1v) is 19.4. The molecule has 302 valence electrons. The van der Waals surface area contributed by atoms with Crippen molar-refractivity contribution in [2.24, 2.45) is 0 Å². The number of nitrogens with one attached hydrogen (secondary N) is 5. The van der Waals surface area contributed by atoms with Crippen molar-refractivity contribution in [3.05, 3.63) is 89.4 Å². The highest BCUT2D eigenvalue weighted by Crippen LogP contribution is 2.40. The zero-order valence-corrected chi connectivity index (χ0v) is 31.7. The highest BCUT2D eigenvalue weighted by molar-refractivity contribution is 6.25. The summed E-state index contributed by atoms with van der Waals surface area (Å²) in [6.45, 7) is 2.17. The Morgan fingerprint density at radius 3 is 2.51 bits per heavy atom. The molecule has 5 aromatic rings. The maximum atomic E-state index is 15.6. The molecule has 3 aliphatic heterocycles. The van der Waals surface area contributed by atoms with Gasteiger partial charge in [-0.1, -0.05) is 6.07 Å². The highest BCUT2D eigenvalue weighted by atomic mass is 19.1. The van der Waals surface area contributed by atoms with Crippen LogP contribution in [-0.2, 0) is 14.4 Å².